The lowest BCUT2D eigenvalue weighted by Gasteiger charge is -2.12. The van der Waals surface area contributed by atoms with Gasteiger partial charge in [-0.1, -0.05) is 0 Å². The highest BCUT2D eigenvalue weighted by Crippen LogP contribution is 1.99. The van der Waals surface area contributed by atoms with Crippen LogP contribution in [0.4, 0.5) is 0 Å². The van der Waals surface area contributed by atoms with Gasteiger partial charge in [-0.05, 0) is 24.6 Å². The molecule has 0 atom stereocenters. The normalized spacial score (nSPS) is 11.6. The Labute approximate surface area is 136 Å². The van der Waals surface area contributed by atoms with Crippen LogP contribution >= 0.6 is 0 Å². The van der Waals surface area contributed by atoms with Crippen LogP contribution in [-0.4, -0.2) is 49.1 Å². The molecule has 0 unspecified atom stereocenters. The fourth-order valence-corrected chi connectivity index (χ4v) is 2.06. The van der Waals surface area contributed by atoms with Crippen molar-refractivity contribution in [3.63, 3.8) is 0 Å². The van der Waals surface area contributed by atoms with Crippen molar-refractivity contribution in [1.82, 2.24) is 20.4 Å². The molecule has 0 bridgehead atoms. The molecular formula is C16H25N5O2. The van der Waals surface area contributed by atoms with Crippen LogP contribution < -0.4 is 10.6 Å². The molecule has 126 valence electrons. The summed E-state index contributed by atoms with van der Waals surface area (Å²) in [5.41, 5.74) is 0. The number of nitrogens with one attached hydrogen (secondary N) is 2. The number of rotatable bonds is 10. The van der Waals surface area contributed by atoms with Gasteiger partial charge in [-0.15, -0.1) is 0 Å². The zero-order valence-electron chi connectivity index (χ0n) is 13.6. The van der Waals surface area contributed by atoms with E-state index in [1.54, 1.807) is 19.6 Å². The standard InChI is InChI=1S/C16H25N5O2/c1-22-14-10-19-16(18-9-6-15-5-2-13-23-15)17-7-3-11-21-12-4-8-20-21/h2,4-5,8,12-13H,3,6-7,9-11,14H2,1H3,(H2,17,18,19). The number of aryl methyl sites for hydroxylation is 1. The predicted molar refractivity (Wildman–Crippen MR) is 89.4 cm³/mol. The van der Waals surface area contributed by atoms with Gasteiger partial charge in [-0.2, -0.15) is 5.10 Å². The monoisotopic (exact) mass is 319 g/mol. The van der Waals surface area contributed by atoms with Crippen molar-refractivity contribution in [1.29, 1.82) is 0 Å². The minimum atomic E-state index is 0.645. The molecule has 2 N–H and O–H groups in total. The first kappa shape index (κ1) is 17.1. The molecule has 0 aliphatic rings. The summed E-state index contributed by atoms with van der Waals surface area (Å²) < 4.78 is 12.3. The third kappa shape index (κ3) is 7.01. The second-order valence-electron chi connectivity index (χ2n) is 5.03. The molecule has 0 aliphatic carbocycles. The van der Waals surface area contributed by atoms with Gasteiger partial charge in [0.05, 0.1) is 12.9 Å². The van der Waals surface area contributed by atoms with Gasteiger partial charge in [-0.3, -0.25) is 9.67 Å². The minimum Gasteiger partial charge on any atom is -0.469 e. The summed E-state index contributed by atoms with van der Waals surface area (Å²) in [7, 11) is 1.69. The number of aromatic nitrogens is 2. The highest BCUT2D eigenvalue weighted by molar-refractivity contribution is 5.79. The van der Waals surface area contributed by atoms with Crippen LogP contribution in [0.1, 0.15) is 12.2 Å². The summed E-state index contributed by atoms with van der Waals surface area (Å²) in [5.74, 6) is 1.77. The molecule has 2 aromatic heterocycles. The van der Waals surface area contributed by atoms with Crippen LogP contribution in [0, 0.1) is 0 Å². The van der Waals surface area contributed by atoms with Gasteiger partial charge in [0.15, 0.2) is 5.96 Å². The van der Waals surface area contributed by atoms with Gasteiger partial charge < -0.3 is 19.8 Å². The second-order valence-corrected chi connectivity index (χ2v) is 5.03. The lowest BCUT2D eigenvalue weighted by Crippen LogP contribution is -2.40. The Morgan fingerprint density at radius 2 is 2.26 bits per heavy atom. The average Bonchev–Trinajstić information content (AvgIpc) is 3.24. The number of methoxy groups -OCH3 is 1. The van der Waals surface area contributed by atoms with E-state index in [1.165, 1.54) is 0 Å². The van der Waals surface area contributed by atoms with Crippen LogP contribution in [0.2, 0.25) is 0 Å². The molecule has 0 fully saturated rings. The Balaban J connectivity index is 1.71. The first-order valence-electron chi connectivity index (χ1n) is 7.89. The van der Waals surface area contributed by atoms with Gasteiger partial charge in [0.2, 0.25) is 0 Å². The van der Waals surface area contributed by atoms with Gasteiger partial charge in [0.1, 0.15) is 5.76 Å². The predicted octanol–water partition coefficient (Wildman–Crippen LogP) is 1.29. The summed E-state index contributed by atoms with van der Waals surface area (Å²) in [6, 6.07) is 5.80. The maximum absolute atomic E-state index is 5.32. The molecule has 0 radical (unpaired) electrons. The molecule has 2 aromatic rings. The van der Waals surface area contributed by atoms with Crippen LogP contribution in [0.5, 0.6) is 0 Å². The third-order valence-electron chi connectivity index (χ3n) is 3.22. The number of guanidine groups is 1. The molecule has 2 heterocycles. The quantitative estimate of drug-likeness (QED) is 0.392. The third-order valence-corrected chi connectivity index (χ3v) is 3.22. The van der Waals surface area contributed by atoms with Gasteiger partial charge >= 0.3 is 0 Å². The number of hydrogen-bond acceptors (Lipinski definition) is 4. The van der Waals surface area contributed by atoms with Crippen molar-refractivity contribution in [3.8, 4) is 0 Å². The number of hydrogen-bond donors (Lipinski definition) is 2. The van der Waals surface area contributed by atoms with E-state index >= 15 is 0 Å². The molecule has 0 saturated carbocycles. The zero-order valence-corrected chi connectivity index (χ0v) is 13.6. The van der Waals surface area contributed by atoms with E-state index in [9.17, 15) is 0 Å². The van der Waals surface area contributed by atoms with Crippen LogP contribution in [0.3, 0.4) is 0 Å². The van der Waals surface area contributed by atoms with Crippen molar-refractivity contribution < 1.29 is 9.15 Å². The van der Waals surface area contributed by atoms with E-state index in [0.717, 1.165) is 50.7 Å². The van der Waals surface area contributed by atoms with Crippen molar-refractivity contribution in [2.75, 3.05) is 33.4 Å². The Hall–Kier alpha value is -2.28. The zero-order chi connectivity index (χ0) is 16.2. The van der Waals surface area contributed by atoms with E-state index in [-0.39, 0.29) is 0 Å². The molecule has 0 aromatic carbocycles. The molecule has 7 heteroatoms. The fraction of sp³-hybridized carbons (Fsp3) is 0.500. The van der Waals surface area contributed by atoms with Crippen molar-refractivity contribution in [2.24, 2.45) is 4.99 Å². The fourth-order valence-electron chi connectivity index (χ4n) is 2.06. The summed E-state index contributed by atoms with van der Waals surface area (Å²) in [5, 5.41) is 10.7. The minimum absolute atomic E-state index is 0.645. The van der Waals surface area contributed by atoms with Gasteiger partial charge in [0.25, 0.3) is 0 Å². The maximum Gasteiger partial charge on any atom is 0.191 e. The molecule has 0 spiro atoms. The van der Waals surface area contributed by atoms with E-state index in [0.29, 0.717) is 6.61 Å². The average molecular weight is 319 g/mol. The summed E-state index contributed by atoms with van der Waals surface area (Å²) >= 11 is 0. The van der Waals surface area contributed by atoms with Gasteiger partial charge in [0, 0.05) is 52.1 Å². The summed E-state index contributed by atoms with van der Waals surface area (Å²) in [4.78, 5) is 4.58. The van der Waals surface area contributed by atoms with E-state index in [4.69, 9.17) is 9.15 Å². The topological polar surface area (TPSA) is 76.6 Å². The Kier molecular flexibility index (Phi) is 7.76. The molecule has 0 aliphatic heterocycles. The first-order chi connectivity index (χ1) is 11.4. The SMILES string of the molecule is COCCNC(=NCCCn1cccn1)NCCc1ccco1. The van der Waals surface area contributed by atoms with E-state index in [2.05, 4.69) is 20.7 Å². The number of ether oxygens (including phenoxy) is 1. The second kappa shape index (κ2) is 10.4. The Bertz CT molecular complexity index is 537. The van der Waals surface area contributed by atoms with E-state index in [1.807, 2.05) is 29.1 Å². The highest BCUT2D eigenvalue weighted by Gasteiger charge is 2.00. The molecule has 23 heavy (non-hydrogen) atoms. The van der Waals surface area contributed by atoms with Crippen LogP contribution in [0.15, 0.2) is 46.3 Å². The first-order valence-corrected chi connectivity index (χ1v) is 7.89. The number of aliphatic imine (C=N–C) groups is 1. The Morgan fingerprint density at radius 1 is 1.35 bits per heavy atom. The molecule has 0 saturated heterocycles. The lowest BCUT2D eigenvalue weighted by molar-refractivity contribution is 0.203. The van der Waals surface area contributed by atoms with Crippen molar-refractivity contribution in [3.05, 3.63) is 42.6 Å². The van der Waals surface area contributed by atoms with Crippen LogP contribution in [0.25, 0.3) is 0 Å². The lowest BCUT2D eigenvalue weighted by atomic mass is 10.3. The summed E-state index contributed by atoms with van der Waals surface area (Å²) in [6.45, 7) is 3.75. The molecule has 7 nitrogen and oxygen atoms in total. The van der Waals surface area contributed by atoms with Crippen LogP contribution in [-0.2, 0) is 17.7 Å². The summed E-state index contributed by atoms with van der Waals surface area (Å²) in [6.07, 6.45) is 7.21. The smallest absolute Gasteiger partial charge is 0.191 e. The largest absolute Gasteiger partial charge is 0.469 e. The van der Waals surface area contributed by atoms with E-state index < -0.39 is 0 Å². The van der Waals surface area contributed by atoms with Crippen molar-refractivity contribution >= 4 is 5.96 Å². The molecular weight excluding hydrogens is 294 g/mol. The van der Waals surface area contributed by atoms with Gasteiger partial charge in [-0.25, -0.2) is 0 Å². The molecule has 0 amide bonds. The number of nitrogens with zero attached hydrogens (tertiary/aromatic N) is 3. The molecule has 2 rings (SSSR count). The highest BCUT2D eigenvalue weighted by atomic mass is 16.5. The number of furan rings is 1. The maximum atomic E-state index is 5.32. The van der Waals surface area contributed by atoms with Crippen molar-refractivity contribution in [2.45, 2.75) is 19.4 Å². The Morgan fingerprint density at radius 3 is 3.00 bits per heavy atom.